The molecule has 0 bridgehead atoms. The highest BCUT2D eigenvalue weighted by molar-refractivity contribution is 5.56. The van der Waals surface area contributed by atoms with Gasteiger partial charge in [0.25, 0.3) is 0 Å². The van der Waals surface area contributed by atoms with Crippen LogP contribution in [0.2, 0.25) is 0 Å². The summed E-state index contributed by atoms with van der Waals surface area (Å²) in [6, 6.07) is 2.10. The molecule has 3 heteroatoms. The second-order valence-electron chi connectivity index (χ2n) is 4.89. The molecule has 17 heavy (non-hydrogen) atoms. The van der Waals surface area contributed by atoms with Gasteiger partial charge >= 0.3 is 0 Å². The van der Waals surface area contributed by atoms with Gasteiger partial charge in [-0.2, -0.15) is 0 Å². The topological polar surface area (TPSA) is 44.5 Å². The standard InChI is InChI=1S/C14H21NO2/c1-9-10(2)13(17-4)11(7-12(9)16-3)14(8-15)5-6-14/h7H,5-6,8,15H2,1-4H3. The Morgan fingerprint density at radius 2 is 1.82 bits per heavy atom. The van der Waals surface area contributed by atoms with E-state index in [0.717, 1.165) is 35.5 Å². The third kappa shape index (κ3) is 1.78. The van der Waals surface area contributed by atoms with E-state index in [4.69, 9.17) is 15.2 Å². The van der Waals surface area contributed by atoms with Crippen molar-refractivity contribution in [2.75, 3.05) is 20.8 Å². The van der Waals surface area contributed by atoms with Crippen LogP contribution in [-0.4, -0.2) is 20.8 Å². The van der Waals surface area contributed by atoms with E-state index >= 15 is 0 Å². The molecule has 1 saturated carbocycles. The fourth-order valence-corrected chi connectivity index (χ4v) is 2.47. The Bertz CT molecular complexity index is 436. The van der Waals surface area contributed by atoms with Gasteiger partial charge in [0.05, 0.1) is 14.2 Å². The fraction of sp³-hybridized carbons (Fsp3) is 0.571. The Hall–Kier alpha value is -1.22. The van der Waals surface area contributed by atoms with E-state index in [0.29, 0.717) is 6.54 Å². The minimum absolute atomic E-state index is 0.122. The van der Waals surface area contributed by atoms with Crippen LogP contribution in [0, 0.1) is 13.8 Å². The van der Waals surface area contributed by atoms with E-state index in [1.807, 2.05) is 0 Å². The van der Waals surface area contributed by atoms with Gasteiger partial charge in [-0.15, -0.1) is 0 Å². The molecule has 0 aromatic heterocycles. The van der Waals surface area contributed by atoms with E-state index in [9.17, 15) is 0 Å². The van der Waals surface area contributed by atoms with Gasteiger partial charge < -0.3 is 15.2 Å². The molecule has 0 saturated heterocycles. The zero-order chi connectivity index (χ0) is 12.6. The molecule has 1 aliphatic rings. The van der Waals surface area contributed by atoms with Crippen LogP contribution in [0.15, 0.2) is 6.07 Å². The quantitative estimate of drug-likeness (QED) is 0.871. The molecule has 1 fully saturated rings. The van der Waals surface area contributed by atoms with Crippen molar-refractivity contribution in [2.24, 2.45) is 5.73 Å². The predicted octanol–water partition coefficient (Wildman–Crippen LogP) is 2.31. The molecule has 0 heterocycles. The average Bonchev–Trinajstić information content (AvgIpc) is 3.13. The molecular weight excluding hydrogens is 214 g/mol. The summed E-state index contributed by atoms with van der Waals surface area (Å²) in [6.45, 7) is 4.81. The lowest BCUT2D eigenvalue weighted by atomic mass is 9.91. The minimum atomic E-state index is 0.122. The van der Waals surface area contributed by atoms with Crippen LogP contribution in [0.25, 0.3) is 0 Å². The van der Waals surface area contributed by atoms with Gasteiger partial charge in [0.15, 0.2) is 0 Å². The summed E-state index contributed by atoms with van der Waals surface area (Å²) in [6.07, 6.45) is 2.29. The van der Waals surface area contributed by atoms with Gasteiger partial charge in [-0.05, 0) is 43.9 Å². The van der Waals surface area contributed by atoms with Gasteiger partial charge in [-0.1, -0.05) is 0 Å². The van der Waals surface area contributed by atoms with E-state index in [2.05, 4.69) is 19.9 Å². The zero-order valence-corrected chi connectivity index (χ0v) is 11.1. The highest BCUT2D eigenvalue weighted by Crippen LogP contribution is 2.52. The summed E-state index contributed by atoms with van der Waals surface area (Å²) in [5.74, 6) is 1.91. The molecule has 1 aliphatic carbocycles. The van der Waals surface area contributed by atoms with Crippen LogP contribution in [0.1, 0.15) is 29.5 Å². The molecule has 0 radical (unpaired) electrons. The Balaban J connectivity index is 2.61. The molecule has 0 atom stereocenters. The molecule has 2 N–H and O–H groups in total. The SMILES string of the molecule is COc1cc(C2(CN)CC2)c(OC)c(C)c1C. The number of hydrogen-bond donors (Lipinski definition) is 1. The normalized spacial score (nSPS) is 16.8. The van der Waals surface area contributed by atoms with Crippen molar-refractivity contribution in [1.29, 1.82) is 0 Å². The van der Waals surface area contributed by atoms with Crippen molar-refractivity contribution in [3.63, 3.8) is 0 Å². The van der Waals surface area contributed by atoms with Crippen molar-refractivity contribution < 1.29 is 9.47 Å². The largest absolute Gasteiger partial charge is 0.496 e. The first-order valence-corrected chi connectivity index (χ1v) is 6.02. The second kappa shape index (κ2) is 4.22. The molecule has 0 aliphatic heterocycles. The molecule has 1 aromatic rings. The molecular formula is C14H21NO2. The molecule has 2 rings (SSSR count). The molecule has 0 spiro atoms. The first-order chi connectivity index (χ1) is 8.09. The van der Waals surface area contributed by atoms with Crippen LogP contribution in [-0.2, 0) is 5.41 Å². The van der Waals surface area contributed by atoms with Gasteiger partial charge in [-0.25, -0.2) is 0 Å². The Morgan fingerprint density at radius 3 is 2.24 bits per heavy atom. The molecule has 94 valence electrons. The lowest BCUT2D eigenvalue weighted by Gasteiger charge is -2.22. The summed E-state index contributed by atoms with van der Waals surface area (Å²) in [7, 11) is 3.43. The second-order valence-corrected chi connectivity index (χ2v) is 4.89. The summed E-state index contributed by atoms with van der Waals surface area (Å²) < 4.78 is 11.0. The highest BCUT2D eigenvalue weighted by atomic mass is 16.5. The fourth-order valence-electron chi connectivity index (χ4n) is 2.47. The van der Waals surface area contributed by atoms with E-state index < -0.39 is 0 Å². The summed E-state index contributed by atoms with van der Waals surface area (Å²) >= 11 is 0. The Labute approximate surface area is 103 Å². The third-order valence-electron chi connectivity index (χ3n) is 4.03. The lowest BCUT2D eigenvalue weighted by molar-refractivity contribution is 0.388. The van der Waals surface area contributed by atoms with E-state index in [-0.39, 0.29) is 5.41 Å². The zero-order valence-electron chi connectivity index (χ0n) is 11.1. The third-order valence-corrected chi connectivity index (χ3v) is 4.03. The first kappa shape index (κ1) is 12.2. The average molecular weight is 235 g/mol. The van der Waals surface area contributed by atoms with E-state index in [1.165, 1.54) is 5.56 Å². The van der Waals surface area contributed by atoms with Crippen molar-refractivity contribution in [2.45, 2.75) is 32.1 Å². The van der Waals surface area contributed by atoms with Crippen LogP contribution < -0.4 is 15.2 Å². The number of methoxy groups -OCH3 is 2. The molecule has 1 aromatic carbocycles. The number of ether oxygens (including phenoxy) is 2. The minimum Gasteiger partial charge on any atom is -0.496 e. The van der Waals surface area contributed by atoms with Crippen molar-refractivity contribution in [1.82, 2.24) is 0 Å². The van der Waals surface area contributed by atoms with Crippen molar-refractivity contribution >= 4 is 0 Å². The van der Waals surface area contributed by atoms with Gasteiger partial charge in [-0.3, -0.25) is 0 Å². The Kier molecular flexibility index (Phi) is 3.04. The molecule has 3 nitrogen and oxygen atoms in total. The molecule has 0 unspecified atom stereocenters. The van der Waals surface area contributed by atoms with Crippen molar-refractivity contribution in [3.05, 3.63) is 22.8 Å². The maximum atomic E-state index is 5.91. The van der Waals surface area contributed by atoms with Gasteiger partial charge in [0.2, 0.25) is 0 Å². The Morgan fingerprint density at radius 1 is 1.18 bits per heavy atom. The smallest absolute Gasteiger partial charge is 0.126 e. The lowest BCUT2D eigenvalue weighted by Crippen LogP contribution is -2.21. The predicted molar refractivity (Wildman–Crippen MR) is 69.0 cm³/mol. The summed E-state index contributed by atoms with van der Waals surface area (Å²) in [5, 5.41) is 0. The summed E-state index contributed by atoms with van der Waals surface area (Å²) in [4.78, 5) is 0. The molecule has 0 amide bonds. The number of nitrogens with two attached hydrogens (primary N) is 1. The van der Waals surface area contributed by atoms with Crippen molar-refractivity contribution in [3.8, 4) is 11.5 Å². The maximum absolute atomic E-state index is 5.91. The first-order valence-electron chi connectivity index (χ1n) is 6.02. The number of benzene rings is 1. The van der Waals surface area contributed by atoms with Crippen LogP contribution in [0.4, 0.5) is 0 Å². The van der Waals surface area contributed by atoms with Crippen LogP contribution in [0.5, 0.6) is 11.5 Å². The monoisotopic (exact) mass is 235 g/mol. The number of hydrogen-bond acceptors (Lipinski definition) is 3. The van der Waals surface area contributed by atoms with Gasteiger partial charge in [0, 0.05) is 17.5 Å². The number of rotatable bonds is 4. The summed E-state index contributed by atoms with van der Waals surface area (Å²) in [5.41, 5.74) is 9.53. The van der Waals surface area contributed by atoms with Gasteiger partial charge in [0.1, 0.15) is 11.5 Å². The van der Waals surface area contributed by atoms with Crippen LogP contribution >= 0.6 is 0 Å². The van der Waals surface area contributed by atoms with Crippen LogP contribution in [0.3, 0.4) is 0 Å². The highest BCUT2D eigenvalue weighted by Gasteiger charge is 2.45. The van der Waals surface area contributed by atoms with E-state index in [1.54, 1.807) is 14.2 Å². The maximum Gasteiger partial charge on any atom is 0.126 e.